The largest absolute Gasteiger partial charge is 0.370 e. The molecule has 0 aromatic rings. The van der Waals surface area contributed by atoms with E-state index in [1.54, 1.807) is 0 Å². The second kappa shape index (κ2) is 9.83. The Morgan fingerprint density at radius 2 is 2.05 bits per heavy atom. The molecular formula is C13H29IN4O2S. The summed E-state index contributed by atoms with van der Waals surface area (Å²) in [5.41, 5.74) is 5.81. The van der Waals surface area contributed by atoms with E-state index in [1.165, 1.54) is 6.26 Å². The van der Waals surface area contributed by atoms with E-state index in [1.807, 2.05) is 0 Å². The number of aliphatic imine (C=N–C) groups is 1. The molecule has 0 aliphatic heterocycles. The molecular weight excluding hydrogens is 403 g/mol. The van der Waals surface area contributed by atoms with Gasteiger partial charge in [0.15, 0.2) is 5.96 Å². The highest BCUT2D eigenvalue weighted by molar-refractivity contribution is 14.0. The molecule has 1 aliphatic rings. The Bertz CT molecular complexity index is 426. The summed E-state index contributed by atoms with van der Waals surface area (Å²) in [6, 6.07) is -0.00258. The van der Waals surface area contributed by atoms with Crippen LogP contribution in [-0.4, -0.2) is 39.8 Å². The molecule has 21 heavy (non-hydrogen) atoms. The van der Waals surface area contributed by atoms with Crippen molar-refractivity contribution in [3.63, 3.8) is 0 Å². The van der Waals surface area contributed by atoms with Crippen molar-refractivity contribution >= 4 is 40.0 Å². The summed E-state index contributed by atoms with van der Waals surface area (Å²) in [7, 11) is -3.15. The Morgan fingerprint density at radius 3 is 2.62 bits per heavy atom. The summed E-state index contributed by atoms with van der Waals surface area (Å²) in [5, 5.41) is 3.09. The third-order valence-corrected chi connectivity index (χ3v) is 4.28. The molecule has 0 bridgehead atoms. The molecule has 0 amide bonds. The Labute approximate surface area is 145 Å². The zero-order valence-electron chi connectivity index (χ0n) is 13.1. The van der Waals surface area contributed by atoms with Gasteiger partial charge in [-0.15, -0.1) is 24.0 Å². The fourth-order valence-corrected chi connectivity index (χ4v) is 3.31. The fraction of sp³-hybridized carbons (Fsp3) is 0.923. The molecule has 6 nitrogen and oxygen atoms in total. The first kappa shape index (κ1) is 20.9. The molecule has 1 rings (SSSR count). The van der Waals surface area contributed by atoms with Gasteiger partial charge < -0.3 is 11.1 Å². The third-order valence-electron chi connectivity index (χ3n) is 3.55. The molecule has 0 saturated heterocycles. The summed E-state index contributed by atoms with van der Waals surface area (Å²) in [4.78, 5) is 4.33. The first-order chi connectivity index (χ1) is 9.28. The van der Waals surface area contributed by atoms with Crippen molar-refractivity contribution in [2.75, 3.05) is 19.3 Å². The summed E-state index contributed by atoms with van der Waals surface area (Å²) in [5.74, 6) is 1.33. The number of nitrogens with one attached hydrogen (secondary N) is 2. The maximum Gasteiger partial charge on any atom is 0.208 e. The molecule has 4 N–H and O–H groups in total. The van der Waals surface area contributed by atoms with Crippen molar-refractivity contribution in [2.45, 2.75) is 45.6 Å². The number of sulfonamides is 1. The molecule has 126 valence electrons. The molecule has 1 aliphatic carbocycles. The van der Waals surface area contributed by atoms with Gasteiger partial charge in [-0.3, -0.25) is 4.99 Å². The van der Waals surface area contributed by atoms with Gasteiger partial charge >= 0.3 is 0 Å². The minimum Gasteiger partial charge on any atom is -0.370 e. The normalized spacial score (nSPS) is 23.1. The third kappa shape index (κ3) is 9.51. The number of nitrogens with two attached hydrogens (primary N) is 1. The molecule has 1 saturated carbocycles. The SMILES string of the molecule is CC(C)CCNC(N)=NCC1CCCC1NS(C)(=O)=O.I. The molecule has 1 fully saturated rings. The zero-order valence-corrected chi connectivity index (χ0v) is 16.3. The van der Waals surface area contributed by atoms with Crippen LogP contribution in [-0.2, 0) is 10.0 Å². The molecule has 0 aromatic carbocycles. The minimum atomic E-state index is -3.15. The van der Waals surface area contributed by atoms with Crippen LogP contribution in [0, 0.1) is 11.8 Å². The van der Waals surface area contributed by atoms with Gasteiger partial charge in [-0.2, -0.15) is 0 Å². The number of hydrogen-bond acceptors (Lipinski definition) is 3. The van der Waals surface area contributed by atoms with Gasteiger partial charge in [0.05, 0.1) is 6.26 Å². The summed E-state index contributed by atoms with van der Waals surface area (Å²) < 4.78 is 25.3. The first-order valence-corrected chi connectivity index (χ1v) is 9.18. The lowest BCUT2D eigenvalue weighted by Crippen LogP contribution is -2.38. The Kier molecular flexibility index (Phi) is 9.79. The second-order valence-electron chi connectivity index (χ2n) is 6.02. The number of hydrogen-bond donors (Lipinski definition) is 3. The van der Waals surface area contributed by atoms with Crippen LogP contribution in [0.3, 0.4) is 0 Å². The van der Waals surface area contributed by atoms with E-state index in [0.29, 0.717) is 18.4 Å². The van der Waals surface area contributed by atoms with Crippen molar-refractivity contribution in [3.05, 3.63) is 0 Å². The topological polar surface area (TPSA) is 96.6 Å². The van der Waals surface area contributed by atoms with Gasteiger partial charge in [-0.05, 0) is 31.1 Å². The van der Waals surface area contributed by atoms with E-state index < -0.39 is 10.0 Å². The van der Waals surface area contributed by atoms with E-state index in [-0.39, 0.29) is 35.9 Å². The van der Waals surface area contributed by atoms with E-state index >= 15 is 0 Å². The molecule has 2 unspecified atom stereocenters. The number of guanidine groups is 1. The van der Waals surface area contributed by atoms with Crippen LogP contribution in [0.5, 0.6) is 0 Å². The van der Waals surface area contributed by atoms with Crippen molar-refractivity contribution in [1.29, 1.82) is 0 Å². The number of rotatable bonds is 7. The maximum atomic E-state index is 11.3. The monoisotopic (exact) mass is 432 g/mol. The van der Waals surface area contributed by atoms with Gasteiger partial charge in [-0.1, -0.05) is 20.3 Å². The fourth-order valence-electron chi connectivity index (χ4n) is 2.45. The molecule has 0 spiro atoms. The lowest BCUT2D eigenvalue weighted by atomic mass is 10.1. The van der Waals surface area contributed by atoms with Crippen molar-refractivity contribution in [3.8, 4) is 0 Å². The average Bonchev–Trinajstić information content (AvgIpc) is 2.71. The lowest BCUT2D eigenvalue weighted by Gasteiger charge is -2.18. The van der Waals surface area contributed by atoms with E-state index in [2.05, 4.69) is 28.9 Å². The summed E-state index contributed by atoms with van der Waals surface area (Å²) >= 11 is 0. The van der Waals surface area contributed by atoms with Gasteiger partial charge in [0.2, 0.25) is 10.0 Å². The highest BCUT2D eigenvalue weighted by Gasteiger charge is 2.29. The number of halogens is 1. The molecule has 0 heterocycles. The van der Waals surface area contributed by atoms with Gasteiger partial charge in [0.25, 0.3) is 0 Å². The van der Waals surface area contributed by atoms with Gasteiger partial charge in [0, 0.05) is 19.1 Å². The summed E-state index contributed by atoms with van der Waals surface area (Å²) in [6.45, 7) is 5.72. The smallest absolute Gasteiger partial charge is 0.208 e. The van der Waals surface area contributed by atoms with E-state index in [0.717, 1.165) is 32.2 Å². The van der Waals surface area contributed by atoms with Gasteiger partial charge in [-0.25, -0.2) is 13.1 Å². The lowest BCUT2D eigenvalue weighted by molar-refractivity contribution is 0.454. The highest BCUT2D eigenvalue weighted by Crippen LogP contribution is 2.26. The van der Waals surface area contributed by atoms with Crippen LogP contribution in [0.25, 0.3) is 0 Å². The predicted molar refractivity (Wildman–Crippen MR) is 98.5 cm³/mol. The van der Waals surface area contributed by atoms with Crippen LogP contribution in [0.1, 0.15) is 39.5 Å². The van der Waals surface area contributed by atoms with E-state index in [4.69, 9.17) is 5.73 Å². The van der Waals surface area contributed by atoms with Crippen LogP contribution in [0.4, 0.5) is 0 Å². The second-order valence-corrected chi connectivity index (χ2v) is 7.80. The molecule has 0 aromatic heterocycles. The minimum absolute atomic E-state index is 0. The predicted octanol–water partition coefficient (Wildman–Crippen LogP) is 1.27. The maximum absolute atomic E-state index is 11.3. The van der Waals surface area contributed by atoms with Gasteiger partial charge in [0.1, 0.15) is 0 Å². The zero-order chi connectivity index (χ0) is 15.2. The van der Waals surface area contributed by atoms with Crippen LogP contribution < -0.4 is 15.8 Å². The first-order valence-electron chi connectivity index (χ1n) is 7.29. The Hall–Kier alpha value is -0.0900. The van der Waals surface area contributed by atoms with Crippen LogP contribution >= 0.6 is 24.0 Å². The quantitative estimate of drug-likeness (QED) is 0.321. The average molecular weight is 432 g/mol. The highest BCUT2D eigenvalue weighted by atomic mass is 127. The molecule has 0 radical (unpaired) electrons. The van der Waals surface area contributed by atoms with Crippen LogP contribution in [0.2, 0.25) is 0 Å². The standard InChI is InChI=1S/C13H28N4O2S.HI/c1-10(2)7-8-15-13(14)16-9-11-5-4-6-12(11)17-20(3,18)19;/h10-12,17H,4-9H2,1-3H3,(H3,14,15,16);1H. The van der Waals surface area contributed by atoms with Crippen molar-refractivity contribution in [1.82, 2.24) is 10.0 Å². The van der Waals surface area contributed by atoms with E-state index in [9.17, 15) is 8.42 Å². The van der Waals surface area contributed by atoms with Crippen molar-refractivity contribution in [2.24, 2.45) is 22.6 Å². The molecule has 2 atom stereocenters. The summed E-state index contributed by atoms with van der Waals surface area (Å²) in [6.07, 6.45) is 5.17. The van der Waals surface area contributed by atoms with Crippen LogP contribution in [0.15, 0.2) is 4.99 Å². The Morgan fingerprint density at radius 1 is 1.38 bits per heavy atom. The number of nitrogens with zero attached hydrogens (tertiary/aromatic N) is 1. The molecule has 8 heteroatoms. The Balaban J connectivity index is 0.00000400. The van der Waals surface area contributed by atoms with Crippen molar-refractivity contribution < 1.29 is 8.42 Å².